The second-order valence-electron chi connectivity index (χ2n) is 4.62. The van der Waals surface area contributed by atoms with E-state index in [4.69, 9.17) is 5.11 Å². The molecule has 1 saturated carbocycles. The van der Waals surface area contributed by atoms with Crippen LogP contribution in [0, 0.1) is 0 Å². The van der Waals surface area contributed by atoms with Crippen molar-refractivity contribution in [1.29, 1.82) is 0 Å². The summed E-state index contributed by atoms with van der Waals surface area (Å²) in [6.07, 6.45) is 4.16. The first-order valence-corrected chi connectivity index (χ1v) is 7.13. The van der Waals surface area contributed by atoms with Crippen LogP contribution >= 0.6 is 11.8 Å². The van der Waals surface area contributed by atoms with Crippen molar-refractivity contribution in [2.24, 2.45) is 0 Å². The molecule has 1 rings (SSSR count). The van der Waals surface area contributed by atoms with Crippen molar-refractivity contribution in [2.45, 2.75) is 43.1 Å². The molecule has 2 amide bonds. The van der Waals surface area contributed by atoms with Crippen LogP contribution < -0.4 is 10.6 Å². The summed E-state index contributed by atoms with van der Waals surface area (Å²) < 4.78 is 0.0981. The largest absolute Gasteiger partial charge is 0.480 e. The van der Waals surface area contributed by atoms with Crippen molar-refractivity contribution in [3.63, 3.8) is 0 Å². The lowest BCUT2D eigenvalue weighted by Gasteiger charge is -2.40. The molecule has 0 heterocycles. The second kappa shape index (κ2) is 6.29. The highest BCUT2D eigenvalue weighted by Crippen LogP contribution is 2.42. The van der Waals surface area contributed by atoms with E-state index in [1.165, 1.54) is 6.92 Å². The number of thioether (sulfide) groups is 1. The minimum Gasteiger partial charge on any atom is -0.480 e. The number of aliphatic carboxylic acids is 1. The molecule has 104 valence electrons. The Labute approximate surface area is 111 Å². The Morgan fingerprint density at radius 1 is 1.44 bits per heavy atom. The van der Waals surface area contributed by atoms with Crippen LogP contribution in [0.25, 0.3) is 0 Å². The lowest BCUT2D eigenvalue weighted by atomic mass is 9.84. The number of carboxylic acids is 1. The van der Waals surface area contributed by atoms with Crippen molar-refractivity contribution in [3.05, 3.63) is 0 Å². The van der Waals surface area contributed by atoms with Crippen LogP contribution in [0.5, 0.6) is 0 Å². The topological polar surface area (TPSA) is 98.7 Å². The molecule has 6 nitrogen and oxygen atoms in total. The molecule has 7 heteroatoms. The summed E-state index contributed by atoms with van der Waals surface area (Å²) in [5.41, 5.74) is 0. The molecule has 0 aliphatic heterocycles. The van der Waals surface area contributed by atoms with E-state index in [2.05, 4.69) is 10.6 Å². The molecule has 1 aliphatic carbocycles. The van der Waals surface area contributed by atoms with E-state index >= 15 is 0 Å². The summed E-state index contributed by atoms with van der Waals surface area (Å²) in [4.78, 5) is 22.4. The van der Waals surface area contributed by atoms with E-state index < -0.39 is 24.1 Å². The fourth-order valence-corrected chi connectivity index (χ4v) is 2.76. The van der Waals surface area contributed by atoms with Crippen LogP contribution in [0.1, 0.15) is 26.2 Å². The quantitative estimate of drug-likeness (QED) is 0.563. The molecule has 0 aromatic carbocycles. The van der Waals surface area contributed by atoms with E-state index in [9.17, 15) is 14.7 Å². The molecule has 0 saturated heterocycles. The zero-order valence-electron chi connectivity index (χ0n) is 10.6. The molecule has 2 unspecified atom stereocenters. The highest BCUT2D eigenvalue weighted by atomic mass is 32.2. The van der Waals surface area contributed by atoms with Crippen LogP contribution in [0.15, 0.2) is 0 Å². The van der Waals surface area contributed by atoms with Gasteiger partial charge in [0.25, 0.3) is 0 Å². The second-order valence-corrected chi connectivity index (χ2v) is 5.90. The highest BCUT2D eigenvalue weighted by Gasteiger charge is 2.36. The molecule has 1 aliphatic rings. The SMILES string of the molecule is CSC1(CNC(=O)NC(C(=O)O)C(C)O)CCC1. The number of aliphatic hydroxyl groups is 1. The third-order valence-corrected chi connectivity index (χ3v) is 4.72. The van der Waals surface area contributed by atoms with Crippen LogP contribution in [0.4, 0.5) is 4.79 Å². The third kappa shape index (κ3) is 3.78. The number of nitrogens with one attached hydrogen (secondary N) is 2. The lowest BCUT2D eigenvalue weighted by Crippen LogP contribution is -2.54. The van der Waals surface area contributed by atoms with Gasteiger partial charge in [-0.3, -0.25) is 0 Å². The Morgan fingerprint density at radius 3 is 2.39 bits per heavy atom. The molecule has 0 bridgehead atoms. The summed E-state index contributed by atoms with van der Waals surface area (Å²) in [6.45, 7) is 1.85. The fraction of sp³-hybridized carbons (Fsp3) is 0.818. The number of hydrogen-bond donors (Lipinski definition) is 4. The fourth-order valence-electron chi connectivity index (χ4n) is 1.85. The average molecular weight is 276 g/mol. The molecule has 4 N–H and O–H groups in total. The number of aliphatic hydroxyl groups excluding tert-OH is 1. The number of carbonyl (C=O) groups excluding carboxylic acids is 1. The molecule has 0 radical (unpaired) electrons. The summed E-state index contributed by atoms with van der Waals surface area (Å²) in [5, 5.41) is 23.0. The maximum absolute atomic E-state index is 11.6. The molecule has 0 spiro atoms. The van der Waals surface area contributed by atoms with Gasteiger partial charge in [-0.05, 0) is 26.0 Å². The summed E-state index contributed by atoms with van der Waals surface area (Å²) >= 11 is 1.72. The van der Waals surface area contributed by atoms with Crippen LogP contribution in [-0.4, -0.2) is 51.9 Å². The number of urea groups is 1. The van der Waals surface area contributed by atoms with Gasteiger partial charge in [-0.25, -0.2) is 9.59 Å². The minimum atomic E-state index is -1.28. The highest BCUT2D eigenvalue weighted by molar-refractivity contribution is 8.00. The normalized spacial score (nSPS) is 20.4. The Kier molecular flexibility index (Phi) is 5.28. The zero-order valence-corrected chi connectivity index (χ0v) is 11.4. The third-order valence-electron chi connectivity index (χ3n) is 3.30. The molecular weight excluding hydrogens is 256 g/mol. The van der Waals surface area contributed by atoms with Gasteiger partial charge in [0, 0.05) is 11.3 Å². The zero-order chi connectivity index (χ0) is 13.8. The van der Waals surface area contributed by atoms with Crippen LogP contribution in [0.2, 0.25) is 0 Å². The van der Waals surface area contributed by atoms with Crippen molar-refractivity contribution in [1.82, 2.24) is 10.6 Å². The van der Waals surface area contributed by atoms with E-state index in [1.54, 1.807) is 11.8 Å². The molecule has 18 heavy (non-hydrogen) atoms. The number of rotatable bonds is 6. The van der Waals surface area contributed by atoms with Crippen molar-refractivity contribution >= 4 is 23.8 Å². The van der Waals surface area contributed by atoms with Gasteiger partial charge in [-0.2, -0.15) is 11.8 Å². The standard InChI is InChI=1S/C11H20N2O4S/c1-7(14)8(9(15)16)13-10(17)12-6-11(18-2)4-3-5-11/h7-8,14H,3-6H2,1-2H3,(H,15,16)(H2,12,13,17). The number of hydrogen-bond acceptors (Lipinski definition) is 4. The maximum Gasteiger partial charge on any atom is 0.328 e. The van der Waals surface area contributed by atoms with Crippen LogP contribution in [0.3, 0.4) is 0 Å². The Bertz CT molecular complexity index is 313. The van der Waals surface area contributed by atoms with Crippen molar-refractivity contribution < 1.29 is 19.8 Å². The number of amides is 2. The average Bonchev–Trinajstić information content (AvgIpc) is 2.24. The van der Waals surface area contributed by atoms with E-state index in [1.807, 2.05) is 6.26 Å². The Hall–Kier alpha value is -0.950. The molecular formula is C11H20N2O4S. The van der Waals surface area contributed by atoms with E-state index in [0.717, 1.165) is 19.3 Å². The van der Waals surface area contributed by atoms with Gasteiger partial charge < -0.3 is 20.8 Å². The van der Waals surface area contributed by atoms with Gasteiger partial charge in [-0.15, -0.1) is 0 Å². The van der Waals surface area contributed by atoms with Gasteiger partial charge in [0.15, 0.2) is 6.04 Å². The minimum absolute atomic E-state index is 0.0981. The maximum atomic E-state index is 11.6. The summed E-state index contributed by atoms with van der Waals surface area (Å²) in [7, 11) is 0. The van der Waals surface area contributed by atoms with Gasteiger partial charge in [0.1, 0.15) is 0 Å². The number of carboxylic acid groups (broad SMARTS) is 1. The predicted octanol–water partition coefficient (Wildman–Crippen LogP) is 0.405. The van der Waals surface area contributed by atoms with Gasteiger partial charge in [0.05, 0.1) is 6.10 Å². The predicted molar refractivity (Wildman–Crippen MR) is 69.7 cm³/mol. The van der Waals surface area contributed by atoms with E-state index in [-0.39, 0.29) is 4.75 Å². The van der Waals surface area contributed by atoms with Crippen molar-refractivity contribution in [2.75, 3.05) is 12.8 Å². The monoisotopic (exact) mass is 276 g/mol. The van der Waals surface area contributed by atoms with Crippen LogP contribution in [-0.2, 0) is 4.79 Å². The molecule has 0 aromatic rings. The van der Waals surface area contributed by atoms with E-state index in [0.29, 0.717) is 6.54 Å². The molecule has 2 atom stereocenters. The summed E-state index contributed by atoms with van der Waals surface area (Å²) in [6, 6.07) is -1.83. The number of carbonyl (C=O) groups is 2. The van der Waals surface area contributed by atoms with Gasteiger partial charge in [0.2, 0.25) is 0 Å². The Balaban J connectivity index is 2.39. The summed E-state index contributed by atoms with van der Waals surface area (Å²) in [5.74, 6) is -1.25. The van der Waals surface area contributed by atoms with Gasteiger partial charge >= 0.3 is 12.0 Å². The first-order valence-electron chi connectivity index (χ1n) is 5.90. The van der Waals surface area contributed by atoms with Crippen molar-refractivity contribution in [3.8, 4) is 0 Å². The lowest BCUT2D eigenvalue weighted by molar-refractivity contribution is -0.141. The molecule has 0 aromatic heterocycles. The smallest absolute Gasteiger partial charge is 0.328 e. The molecule has 1 fully saturated rings. The first kappa shape index (κ1) is 15.1. The van der Waals surface area contributed by atoms with Gasteiger partial charge in [-0.1, -0.05) is 6.42 Å². The first-order chi connectivity index (χ1) is 8.40. The Morgan fingerprint density at radius 2 is 2.06 bits per heavy atom.